The fourth-order valence-electron chi connectivity index (χ4n) is 3.15. The van der Waals surface area contributed by atoms with Gasteiger partial charge in [0.05, 0.1) is 0 Å². The van der Waals surface area contributed by atoms with Crippen LogP contribution in [-0.4, -0.2) is 9.97 Å². The van der Waals surface area contributed by atoms with Crippen LogP contribution < -0.4 is 0 Å². The molecule has 0 aliphatic rings. The second-order valence-electron chi connectivity index (χ2n) is 6.59. The molecule has 22 heavy (non-hydrogen) atoms. The maximum atomic E-state index is 4.51. The van der Waals surface area contributed by atoms with E-state index in [2.05, 4.69) is 29.9 Å². The van der Waals surface area contributed by atoms with Gasteiger partial charge in [-0.3, -0.25) is 0 Å². The molecular weight excluding hydrogens is 268 g/mol. The minimum Gasteiger partial charge on any atom is -0.245 e. The number of hydrogen-bond acceptors (Lipinski definition) is 2. The molecule has 1 unspecified atom stereocenters. The fraction of sp³-hybridized carbons (Fsp3) is 0.800. The van der Waals surface area contributed by atoms with Crippen molar-refractivity contribution in [3.8, 4) is 0 Å². The van der Waals surface area contributed by atoms with E-state index in [0.29, 0.717) is 5.92 Å². The third-order valence-corrected chi connectivity index (χ3v) is 4.59. The van der Waals surface area contributed by atoms with Crippen LogP contribution in [0.25, 0.3) is 0 Å². The van der Waals surface area contributed by atoms with Gasteiger partial charge in [0.2, 0.25) is 0 Å². The lowest BCUT2D eigenvalue weighted by atomic mass is 9.91. The normalized spacial score (nSPS) is 12.5. The summed E-state index contributed by atoms with van der Waals surface area (Å²) in [6.07, 6.45) is 21.3. The van der Waals surface area contributed by atoms with E-state index in [1.807, 2.05) is 6.20 Å². The van der Waals surface area contributed by atoms with Crippen LogP contribution in [0.5, 0.6) is 0 Å². The Hall–Kier alpha value is -0.920. The SMILES string of the molecule is CCCCCCCCC(CCCCCCC)c1ccncn1. The third-order valence-electron chi connectivity index (χ3n) is 4.59. The summed E-state index contributed by atoms with van der Waals surface area (Å²) in [5.74, 6) is 0.649. The van der Waals surface area contributed by atoms with Crippen molar-refractivity contribution < 1.29 is 0 Å². The predicted molar refractivity (Wildman–Crippen MR) is 96.1 cm³/mol. The Morgan fingerprint density at radius 2 is 1.32 bits per heavy atom. The molecule has 0 aromatic carbocycles. The number of rotatable bonds is 14. The van der Waals surface area contributed by atoms with Gasteiger partial charge < -0.3 is 0 Å². The van der Waals surface area contributed by atoms with Crippen LogP contribution in [0.1, 0.15) is 109 Å². The van der Waals surface area contributed by atoms with Crippen LogP contribution in [0.3, 0.4) is 0 Å². The first kappa shape index (κ1) is 19.1. The van der Waals surface area contributed by atoms with Crippen molar-refractivity contribution in [2.24, 2.45) is 0 Å². The molecule has 1 rings (SSSR count). The van der Waals surface area contributed by atoms with Gasteiger partial charge in [-0.2, -0.15) is 0 Å². The average molecular weight is 305 g/mol. The van der Waals surface area contributed by atoms with Crippen molar-refractivity contribution in [3.63, 3.8) is 0 Å². The van der Waals surface area contributed by atoms with E-state index in [1.54, 1.807) is 6.33 Å². The Morgan fingerprint density at radius 3 is 1.82 bits per heavy atom. The van der Waals surface area contributed by atoms with E-state index in [-0.39, 0.29) is 0 Å². The van der Waals surface area contributed by atoms with Crippen molar-refractivity contribution in [1.29, 1.82) is 0 Å². The molecule has 0 fully saturated rings. The van der Waals surface area contributed by atoms with Crippen molar-refractivity contribution in [2.45, 2.75) is 103 Å². The van der Waals surface area contributed by atoms with E-state index in [0.717, 1.165) is 0 Å². The molecule has 0 saturated heterocycles. The summed E-state index contributed by atoms with van der Waals surface area (Å²) in [6, 6.07) is 2.12. The van der Waals surface area contributed by atoms with Crippen LogP contribution in [0, 0.1) is 0 Å². The van der Waals surface area contributed by atoms with Gasteiger partial charge in [0.25, 0.3) is 0 Å². The van der Waals surface area contributed by atoms with Gasteiger partial charge in [0.1, 0.15) is 6.33 Å². The molecule has 0 aliphatic heterocycles. The summed E-state index contributed by atoms with van der Waals surface area (Å²) in [5.41, 5.74) is 1.26. The van der Waals surface area contributed by atoms with Crippen LogP contribution in [-0.2, 0) is 0 Å². The first-order valence-electron chi connectivity index (χ1n) is 9.64. The van der Waals surface area contributed by atoms with Gasteiger partial charge in [-0.1, -0.05) is 84.5 Å². The van der Waals surface area contributed by atoms with Crippen molar-refractivity contribution in [2.75, 3.05) is 0 Å². The molecule has 2 nitrogen and oxygen atoms in total. The molecule has 126 valence electrons. The lowest BCUT2D eigenvalue weighted by Gasteiger charge is -2.16. The van der Waals surface area contributed by atoms with Gasteiger partial charge in [-0.25, -0.2) is 9.97 Å². The minimum atomic E-state index is 0.649. The molecule has 1 aromatic rings. The second-order valence-corrected chi connectivity index (χ2v) is 6.59. The lowest BCUT2D eigenvalue weighted by molar-refractivity contribution is 0.481. The van der Waals surface area contributed by atoms with Crippen molar-refractivity contribution in [3.05, 3.63) is 24.3 Å². The summed E-state index contributed by atoms with van der Waals surface area (Å²) in [5, 5.41) is 0. The van der Waals surface area contributed by atoms with Gasteiger partial charge in [0.15, 0.2) is 0 Å². The third kappa shape index (κ3) is 9.17. The largest absolute Gasteiger partial charge is 0.245 e. The first-order chi connectivity index (χ1) is 10.9. The predicted octanol–water partition coefficient (Wildman–Crippen LogP) is 6.67. The molecule has 1 heterocycles. The second kappa shape index (κ2) is 13.7. The van der Waals surface area contributed by atoms with E-state index in [9.17, 15) is 0 Å². The van der Waals surface area contributed by atoms with Crippen molar-refractivity contribution in [1.82, 2.24) is 9.97 Å². The Bertz CT molecular complexity index is 337. The maximum absolute atomic E-state index is 4.51. The Labute approximate surface area is 138 Å². The minimum absolute atomic E-state index is 0.649. The molecule has 2 heteroatoms. The molecule has 0 spiro atoms. The summed E-state index contributed by atoms with van der Waals surface area (Å²) in [4.78, 5) is 8.58. The Morgan fingerprint density at radius 1 is 0.773 bits per heavy atom. The highest BCUT2D eigenvalue weighted by Crippen LogP contribution is 2.27. The summed E-state index contributed by atoms with van der Waals surface area (Å²) in [6.45, 7) is 4.56. The highest BCUT2D eigenvalue weighted by atomic mass is 14.8. The molecule has 0 saturated carbocycles. The number of unbranched alkanes of at least 4 members (excludes halogenated alkanes) is 9. The summed E-state index contributed by atoms with van der Waals surface area (Å²) in [7, 11) is 0. The highest BCUT2D eigenvalue weighted by Gasteiger charge is 2.12. The highest BCUT2D eigenvalue weighted by molar-refractivity contribution is 5.05. The van der Waals surface area contributed by atoms with Gasteiger partial charge in [0, 0.05) is 17.8 Å². The van der Waals surface area contributed by atoms with Crippen LogP contribution in [0.2, 0.25) is 0 Å². The standard InChI is InChI=1S/C20H36N2/c1-3-5-7-9-11-13-15-19(14-12-10-8-6-4-2)20-16-17-21-18-22-20/h16-19H,3-15H2,1-2H3. The van der Waals surface area contributed by atoms with E-state index < -0.39 is 0 Å². The number of hydrogen-bond donors (Lipinski definition) is 0. The van der Waals surface area contributed by atoms with E-state index in [4.69, 9.17) is 0 Å². The molecule has 1 aromatic heterocycles. The summed E-state index contributed by atoms with van der Waals surface area (Å²) < 4.78 is 0. The molecular formula is C20H36N2. The molecule has 0 bridgehead atoms. The monoisotopic (exact) mass is 304 g/mol. The quantitative estimate of drug-likeness (QED) is 0.359. The van der Waals surface area contributed by atoms with Gasteiger partial charge in [-0.15, -0.1) is 0 Å². The van der Waals surface area contributed by atoms with Crippen molar-refractivity contribution >= 4 is 0 Å². The topological polar surface area (TPSA) is 25.8 Å². The van der Waals surface area contributed by atoms with E-state index >= 15 is 0 Å². The average Bonchev–Trinajstić information content (AvgIpc) is 2.56. The smallest absolute Gasteiger partial charge is 0.115 e. The number of aromatic nitrogens is 2. The lowest BCUT2D eigenvalue weighted by Crippen LogP contribution is -2.02. The van der Waals surface area contributed by atoms with Gasteiger partial charge >= 0.3 is 0 Å². The summed E-state index contributed by atoms with van der Waals surface area (Å²) >= 11 is 0. The molecule has 0 amide bonds. The van der Waals surface area contributed by atoms with Crippen LogP contribution in [0.15, 0.2) is 18.6 Å². The molecule has 1 atom stereocenters. The zero-order chi connectivity index (χ0) is 15.9. The fourth-order valence-corrected chi connectivity index (χ4v) is 3.15. The first-order valence-corrected chi connectivity index (χ1v) is 9.64. The van der Waals surface area contributed by atoms with E-state index in [1.165, 1.54) is 89.2 Å². The molecule has 0 radical (unpaired) electrons. The Balaban J connectivity index is 2.29. The van der Waals surface area contributed by atoms with Crippen LogP contribution in [0.4, 0.5) is 0 Å². The Kier molecular flexibility index (Phi) is 11.9. The number of nitrogens with zero attached hydrogens (tertiary/aromatic N) is 2. The van der Waals surface area contributed by atoms with Crippen LogP contribution >= 0.6 is 0 Å². The zero-order valence-corrected chi connectivity index (χ0v) is 14.9. The maximum Gasteiger partial charge on any atom is 0.115 e. The van der Waals surface area contributed by atoms with Gasteiger partial charge in [-0.05, 0) is 18.9 Å². The molecule has 0 N–H and O–H groups in total. The zero-order valence-electron chi connectivity index (χ0n) is 14.9. The molecule has 0 aliphatic carbocycles.